The first-order valence-electron chi connectivity index (χ1n) is 7.36. The van der Waals surface area contributed by atoms with Gasteiger partial charge in [-0.15, -0.1) is 0 Å². The lowest BCUT2D eigenvalue weighted by Gasteiger charge is -2.28. The zero-order chi connectivity index (χ0) is 15.5. The van der Waals surface area contributed by atoms with Gasteiger partial charge in [0.25, 0.3) is 5.91 Å². The van der Waals surface area contributed by atoms with Gasteiger partial charge in [-0.05, 0) is 43.6 Å². The first-order chi connectivity index (χ1) is 10.6. The van der Waals surface area contributed by atoms with Crippen LogP contribution in [-0.2, 0) is 4.74 Å². The molecule has 1 fully saturated rings. The molecule has 0 saturated carbocycles. The van der Waals surface area contributed by atoms with E-state index in [1.807, 2.05) is 17.7 Å². The number of carbonyl (C=O) groups excluding carboxylic acids is 1. The number of ether oxygens (including phenoxy) is 1. The van der Waals surface area contributed by atoms with E-state index in [2.05, 4.69) is 15.5 Å². The van der Waals surface area contributed by atoms with E-state index in [0.717, 1.165) is 18.4 Å². The molecule has 118 valence electrons. The predicted molar refractivity (Wildman–Crippen MR) is 81.8 cm³/mol. The largest absolute Gasteiger partial charge is 0.381 e. The number of thiophene rings is 1. The summed E-state index contributed by atoms with van der Waals surface area (Å²) < 4.78 is 10.7. The second-order valence-corrected chi connectivity index (χ2v) is 6.29. The molecule has 1 unspecified atom stereocenters. The van der Waals surface area contributed by atoms with Crippen molar-refractivity contribution in [2.45, 2.75) is 32.7 Å². The Bertz CT molecular complexity index is 646. The Hall–Kier alpha value is -1.73. The van der Waals surface area contributed by atoms with Gasteiger partial charge in [0.2, 0.25) is 5.89 Å². The maximum atomic E-state index is 12.5. The second-order valence-electron chi connectivity index (χ2n) is 5.55. The first kappa shape index (κ1) is 15.2. The van der Waals surface area contributed by atoms with Crippen molar-refractivity contribution in [2.24, 2.45) is 5.92 Å². The molecular formula is C15H19N3O3S. The summed E-state index contributed by atoms with van der Waals surface area (Å²) in [7, 11) is 0. The lowest BCUT2D eigenvalue weighted by molar-refractivity contribution is 0.0467. The highest BCUT2D eigenvalue weighted by Gasteiger charge is 2.31. The minimum Gasteiger partial charge on any atom is -0.381 e. The Morgan fingerprint density at radius 1 is 1.36 bits per heavy atom. The Labute approximate surface area is 132 Å². The molecule has 3 rings (SSSR count). The van der Waals surface area contributed by atoms with Gasteiger partial charge < -0.3 is 14.6 Å². The molecule has 0 radical (unpaired) electrons. The molecule has 0 aromatic carbocycles. The number of nitrogens with one attached hydrogen (secondary N) is 1. The van der Waals surface area contributed by atoms with Crippen LogP contribution in [-0.4, -0.2) is 29.3 Å². The average molecular weight is 321 g/mol. The number of aromatic nitrogens is 2. The highest BCUT2D eigenvalue weighted by atomic mass is 32.1. The Morgan fingerprint density at radius 2 is 2.14 bits per heavy atom. The zero-order valence-electron chi connectivity index (χ0n) is 12.7. The molecule has 1 amide bonds. The third-order valence-electron chi connectivity index (χ3n) is 3.93. The Kier molecular flexibility index (Phi) is 4.54. The fourth-order valence-electron chi connectivity index (χ4n) is 2.68. The summed E-state index contributed by atoms with van der Waals surface area (Å²) in [6, 6.07) is -0.267. The lowest BCUT2D eigenvalue weighted by atomic mass is 9.91. The van der Waals surface area contributed by atoms with Crippen molar-refractivity contribution in [2.75, 3.05) is 13.2 Å². The summed E-state index contributed by atoms with van der Waals surface area (Å²) in [6.07, 6.45) is 1.74. The van der Waals surface area contributed by atoms with Crippen LogP contribution in [0.3, 0.4) is 0 Å². The van der Waals surface area contributed by atoms with Gasteiger partial charge in [0.05, 0.1) is 5.56 Å². The molecule has 6 nitrogen and oxygen atoms in total. The van der Waals surface area contributed by atoms with Gasteiger partial charge in [-0.25, -0.2) is 0 Å². The molecule has 2 aromatic rings. The number of hydrogen-bond donors (Lipinski definition) is 1. The SMILES string of the molecule is Cc1noc(C(NC(=O)c2cscc2C)C2CCOCC2)n1. The van der Waals surface area contributed by atoms with Gasteiger partial charge in [-0.3, -0.25) is 4.79 Å². The first-order valence-corrected chi connectivity index (χ1v) is 8.31. The van der Waals surface area contributed by atoms with E-state index < -0.39 is 0 Å². The number of carbonyl (C=O) groups is 1. The Balaban J connectivity index is 1.82. The molecule has 1 aliphatic heterocycles. The number of aryl methyl sites for hydroxylation is 2. The smallest absolute Gasteiger partial charge is 0.253 e. The van der Waals surface area contributed by atoms with E-state index in [1.54, 1.807) is 6.92 Å². The third kappa shape index (κ3) is 3.20. The van der Waals surface area contributed by atoms with Crippen LogP contribution in [0.15, 0.2) is 15.3 Å². The van der Waals surface area contributed by atoms with E-state index in [1.165, 1.54) is 11.3 Å². The number of hydrogen-bond acceptors (Lipinski definition) is 6. The molecule has 1 saturated heterocycles. The van der Waals surface area contributed by atoms with Gasteiger partial charge in [0.1, 0.15) is 6.04 Å². The van der Waals surface area contributed by atoms with Crippen molar-refractivity contribution in [1.29, 1.82) is 0 Å². The normalized spacial score (nSPS) is 17.4. The molecule has 1 N–H and O–H groups in total. The lowest BCUT2D eigenvalue weighted by Crippen LogP contribution is -2.36. The van der Waals surface area contributed by atoms with Gasteiger partial charge in [-0.2, -0.15) is 16.3 Å². The van der Waals surface area contributed by atoms with Crippen molar-refractivity contribution in [3.63, 3.8) is 0 Å². The average Bonchev–Trinajstić information content (AvgIpc) is 3.14. The van der Waals surface area contributed by atoms with Crippen LogP contribution in [0.25, 0.3) is 0 Å². The summed E-state index contributed by atoms with van der Waals surface area (Å²) >= 11 is 1.52. The van der Waals surface area contributed by atoms with Crippen LogP contribution >= 0.6 is 11.3 Å². The van der Waals surface area contributed by atoms with Gasteiger partial charge in [0.15, 0.2) is 5.82 Å². The predicted octanol–water partition coefficient (Wildman–Crippen LogP) is 2.65. The summed E-state index contributed by atoms with van der Waals surface area (Å²) in [5.41, 5.74) is 1.69. The standard InChI is InChI=1S/C15H19N3O3S/c1-9-7-22-8-12(9)14(19)17-13(11-3-5-20-6-4-11)15-16-10(2)18-21-15/h7-8,11,13H,3-6H2,1-2H3,(H,17,19). The molecule has 1 atom stereocenters. The van der Waals surface area contributed by atoms with Crippen molar-refractivity contribution < 1.29 is 14.1 Å². The molecule has 7 heteroatoms. The van der Waals surface area contributed by atoms with Crippen LogP contribution in [0.1, 0.15) is 46.5 Å². The minimum absolute atomic E-state index is 0.0916. The van der Waals surface area contributed by atoms with E-state index >= 15 is 0 Å². The molecule has 3 heterocycles. The van der Waals surface area contributed by atoms with Gasteiger partial charge in [-0.1, -0.05) is 5.16 Å². The van der Waals surface area contributed by atoms with E-state index in [4.69, 9.17) is 9.26 Å². The molecule has 0 bridgehead atoms. The molecule has 0 spiro atoms. The molecule has 1 aliphatic rings. The third-order valence-corrected chi connectivity index (χ3v) is 4.79. The highest BCUT2D eigenvalue weighted by Crippen LogP contribution is 2.30. The fourth-order valence-corrected chi connectivity index (χ4v) is 3.51. The monoisotopic (exact) mass is 321 g/mol. The van der Waals surface area contributed by atoms with Gasteiger partial charge in [0, 0.05) is 18.6 Å². The summed E-state index contributed by atoms with van der Waals surface area (Å²) in [5.74, 6) is 1.21. The summed E-state index contributed by atoms with van der Waals surface area (Å²) in [5, 5.41) is 10.8. The molecule has 0 aliphatic carbocycles. The van der Waals surface area contributed by atoms with Crippen LogP contribution in [0, 0.1) is 19.8 Å². The molecule has 22 heavy (non-hydrogen) atoms. The second kappa shape index (κ2) is 6.58. The number of amides is 1. The van der Waals surface area contributed by atoms with E-state index in [9.17, 15) is 4.79 Å². The topological polar surface area (TPSA) is 77.2 Å². The summed E-state index contributed by atoms with van der Waals surface area (Å²) in [6.45, 7) is 5.11. The van der Waals surface area contributed by atoms with Gasteiger partial charge >= 0.3 is 0 Å². The van der Waals surface area contributed by atoms with Crippen molar-refractivity contribution >= 4 is 17.2 Å². The fraction of sp³-hybridized carbons (Fsp3) is 0.533. The maximum Gasteiger partial charge on any atom is 0.253 e. The van der Waals surface area contributed by atoms with Crippen LogP contribution in [0.2, 0.25) is 0 Å². The zero-order valence-corrected chi connectivity index (χ0v) is 13.5. The number of rotatable bonds is 4. The maximum absolute atomic E-state index is 12.5. The molecular weight excluding hydrogens is 302 g/mol. The minimum atomic E-state index is -0.267. The van der Waals surface area contributed by atoms with Crippen LogP contribution < -0.4 is 5.32 Å². The van der Waals surface area contributed by atoms with E-state index in [0.29, 0.717) is 30.5 Å². The quantitative estimate of drug-likeness (QED) is 0.936. The molecule has 2 aromatic heterocycles. The van der Waals surface area contributed by atoms with Crippen LogP contribution in [0.4, 0.5) is 0 Å². The number of nitrogens with zero attached hydrogens (tertiary/aromatic N) is 2. The summed E-state index contributed by atoms with van der Waals surface area (Å²) in [4.78, 5) is 16.8. The van der Waals surface area contributed by atoms with E-state index in [-0.39, 0.29) is 17.9 Å². The van der Waals surface area contributed by atoms with Crippen molar-refractivity contribution in [3.05, 3.63) is 33.6 Å². The van der Waals surface area contributed by atoms with Crippen LogP contribution in [0.5, 0.6) is 0 Å². The Morgan fingerprint density at radius 3 is 2.73 bits per heavy atom. The highest BCUT2D eigenvalue weighted by molar-refractivity contribution is 7.08. The van der Waals surface area contributed by atoms with Crippen molar-refractivity contribution in [1.82, 2.24) is 15.5 Å². The van der Waals surface area contributed by atoms with Crippen molar-refractivity contribution in [3.8, 4) is 0 Å².